The smallest absolute Gasteiger partial charge is 0.224 e. The lowest BCUT2D eigenvalue weighted by atomic mass is 10.1. The zero-order valence-electron chi connectivity index (χ0n) is 22.6. The second-order valence-corrected chi connectivity index (χ2v) is 9.91. The van der Waals surface area contributed by atoms with Gasteiger partial charge in [-0.3, -0.25) is 9.59 Å². The number of anilines is 2. The zero-order valence-corrected chi connectivity index (χ0v) is 22.6. The molecule has 1 aromatic heterocycles. The first-order chi connectivity index (χ1) is 17.4. The summed E-state index contributed by atoms with van der Waals surface area (Å²) in [4.78, 5) is 36.6. The highest BCUT2D eigenvalue weighted by Gasteiger charge is 2.17. The molecule has 36 heavy (non-hydrogen) atoms. The number of benzene rings is 1. The molecule has 0 atom stereocenters. The van der Waals surface area contributed by atoms with Gasteiger partial charge in [0.2, 0.25) is 11.8 Å². The van der Waals surface area contributed by atoms with Gasteiger partial charge < -0.3 is 25.3 Å². The summed E-state index contributed by atoms with van der Waals surface area (Å²) in [6, 6.07) is 7.96. The molecule has 1 fully saturated rings. The van der Waals surface area contributed by atoms with Crippen molar-refractivity contribution in [3.8, 4) is 0 Å². The van der Waals surface area contributed by atoms with E-state index in [0.717, 1.165) is 93.0 Å². The fraction of sp³-hybridized carbons (Fsp3) is 0.607. The number of hydrogen-bond acceptors (Lipinski definition) is 6. The van der Waals surface area contributed by atoms with Crippen LogP contribution in [0.3, 0.4) is 0 Å². The van der Waals surface area contributed by atoms with Crippen LogP contribution in [0.1, 0.15) is 51.5 Å². The van der Waals surface area contributed by atoms with Gasteiger partial charge in [0.15, 0.2) is 0 Å². The van der Waals surface area contributed by atoms with Gasteiger partial charge in [-0.05, 0) is 82.7 Å². The minimum Gasteiger partial charge on any atom is -0.356 e. The Balaban J connectivity index is 1.45. The first-order valence-electron chi connectivity index (χ1n) is 13.5. The lowest BCUT2D eigenvalue weighted by Gasteiger charge is -2.33. The van der Waals surface area contributed by atoms with E-state index in [1.165, 1.54) is 0 Å². The number of nitrogens with one attached hydrogen (secondary N) is 2. The SMILES string of the molecule is CCCN(CCC)CCCNC(=O)CCC(=O)Nc1ccc2nc(N3CCN(C)CC3)cc(C)c2c1. The molecule has 2 heterocycles. The maximum Gasteiger partial charge on any atom is 0.224 e. The predicted molar refractivity (Wildman–Crippen MR) is 149 cm³/mol. The summed E-state index contributed by atoms with van der Waals surface area (Å²) in [6.45, 7) is 14.4. The molecular formula is C28H44N6O2. The number of aryl methyl sites for hydroxylation is 1. The van der Waals surface area contributed by atoms with Crippen molar-refractivity contribution in [2.45, 2.75) is 52.9 Å². The molecule has 1 aromatic carbocycles. The van der Waals surface area contributed by atoms with Gasteiger partial charge in [0.05, 0.1) is 5.52 Å². The highest BCUT2D eigenvalue weighted by atomic mass is 16.2. The second kappa shape index (κ2) is 14.1. The number of amides is 2. The zero-order chi connectivity index (χ0) is 25.9. The van der Waals surface area contributed by atoms with Crippen molar-refractivity contribution in [2.24, 2.45) is 0 Å². The molecule has 2 N–H and O–H groups in total. The van der Waals surface area contributed by atoms with E-state index in [1.807, 2.05) is 18.2 Å². The average molecular weight is 497 g/mol. The maximum absolute atomic E-state index is 12.5. The van der Waals surface area contributed by atoms with Crippen molar-refractivity contribution in [1.29, 1.82) is 0 Å². The van der Waals surface area contributed by atoms with E-state index in [4.69, 9.17) is 4.98 Å². The van der Waals surface area contributed by atoms with Crippen LogP contribution in [0.25, 0.3) is 10.9 Å². The summed E-state index contributed by atoms with van der Waals surface area (Å²) in [7, 11) is 2.15. The Labute approximate surface area is 216 Å². The van der Waals surface area contributed by atoms with E-state index in [1.54, 1.807) is 0 Å². The normalized spacial score (nSPS) is 14.4. The monoisotopic (exact) mass is 496 g/mol. The molecular weight excluding hydrogens is 452 g/mol. The van der Waals surface area contributed by atoms with Crippen molar-refractivity contribution >= 4 is 34.2 Å². The second-order valence-electron chi connectivity index (χ2n) is 9.91. The van der Waals surface area contributed by atoms with Gasteiger partial charge in [0, 0.05) is 56.6 Å². The molecule has 0 bridgehead atoms. The van der Waals surface area contributed by atoms with Crippen LogP contribution in [0.4, 0.5) is 11.5 Å². The van der Waals surface area contributed by atoms with Crippen LogP contribution in [-0.2, 0) is 9.59 Å². The Morgan fingerprint density at radius 3 is 2.36 bits per heavy atom. The highest BCUT2D eigenvalue weighted by molar-refractivity contribution is 5.96. The van der Waals surface area contributed by atoms with E-state index >= 15 is 0 Å². The molecule has 0 radical (unpaired) electrons. The van der Waals surface area contributed by atoms with Gasteiger partial charge >= 0.3 is 0 Å². The van der Waals surface area contributed by atoms with Crippen molar-refractivity contribution in [1.82, 2.24) is 20.1 Å². The number of carbonyl (C=O) groups excluding carboxylic acids is 2. The summed E-state index contributed by atoms with van der Waals surface area (Å²) in [5, 5.41) is 6.92. The van der Waals surface area contributed by atoms with Crippen LogP contribution < -0.4 is 15.5 Å². The topological polar surface area (TPSA) is 80.8 Å². The summed E-state index contributed by atoms with van der Waals surface area (Å²) < 4.78 is 0. The van der Waals surface area contributed by atoms with E-state index < -0.39 is 0 Å². The summed E-state index contributed by atoms with van der Waals surface area (Å²) in [5.41, 5.74) is 2.80. The quantitative estimate of drug-likeness (QED) is 0.412. The van der Waals surface area contributed by atoms with E-state index in [2.05, 4.69) is 59.2 Å². The Kier molecular flexibility index (Phi) is 10.9. The number of pyridine rings is 1. The van der Waals surface area contributed by atoms with Crippen LogP contribution in [0, 0.1) is 6.92 Å². The molecule has 2 amide bonds. The third-order valence-corrected chi connectivity index (χ3v) is 6.75. The Bertz CT molecular complexity index is 997. The highest BCUT2D eigenvalue weighted by Crippen LogP contribution is 2.26. The van der Waals surface area contributed by atoms with Crippen LogP contribution >= 0.6 is 0 Å². The third kappa shape index (κ3) is 8.45. The number of fused-ring (bicyclic) bond motifs is 1. The van der Waals surface area contributed by atoms with Gasteiger partial charge in [-0.25, -0.2) is 4.98 Å². The summed E-state index contributed by atoms with van der Waals surface area (Å²) >= 11 is 0. The molecule has 8 nitrogen and oxygen atoms in total. The largest absolute Gasteiger partial charge is 0.356 e. The van der Waals surface area contributed by atoms with Crippen molar-refractivity contribution < 1.29 is 9.59 Å². The van der Waals surface area contributed by atoms with Crippen LogP contribution in [-0.4, -0.2) is 86.0 Å². The van der Waals surface area contributed by atoms with Crippen molar-refractivity contribution in [3.05, 3.63) is 29.8 Å². The van der Waals surface area contributed by atoms with Crippen LogP contribution in [0.5, 0.6) is 0 Å². The lowest BCUT2D eigenvalue weighted by Crippen LogP contribution is -2.44. The molecule has 0 aliphatic carbocycles. The molecule has 1 saturated heterocycles. The standard InChI is InChI=1S/C28H44N6O2/c1-5-13-33(14-6-2)15-7-12-29-27(35)10-11-28(36)30-23-8-9-25-24(21-23)22(3)20-26(31-25)34-18-16-32(4)17-19-34/h8-9,20-21H,5-7,10-19H2,1-4H3,(H,29,35)(H,30,36). The van der Waals surface area contributed by atoms with Crippen LogP contribution in [0.2, 0.25) is 0 Å². The number of rotatable bonds is 13. The molecule has 1 aliphatic heterocycles. The van der Waals surface area contributed by atoms with E-state index in [9.17, 15) is 9.59 Å². The van der Waals surface area contributed by atoms with Gasteiger partial charge in [0.25, 0.3) is 0 Å². The van der Waals surface area contributed by atoms with Gasteiger partial charge in [0.1, 0.15) is 5.82 Å². The number of likely N-dealkylation sites (N-methyl/N-ethyl adjacent to an activating group) is 1. The lowest BCUT2D eigenvalue weighted by molar-refractivity contribution is -0.124. The number of carbonyl (C=O) groups is 2. The van der Waals surface area contributed by atoms with E-state index in [-0.39, 0.29) is 24.7 Å². The van der Waals surface area contributed by atoms with Crippen molar-refractivity contribution in [3.63, 3.8) is 0 Å². The predicted octanol–water partition coefficient (Wildman–Crippen LogP) is 3.64. The fourth-order valence-electron chi connectivity index (χ4n) is 4.69. The van der Waals surface area contributed by atoms with E-state index in [0.29, 0.717) is 6.54 Å². The fourth-order valence-corrected chi connectivity index (χ4v) is 4.69. The molecule has 0 saturated carbocycles. The molecule has 1 aliphatic rings. The Morgan fingerprint density at radius 2 is 1.67 bits per heavy atom. The minimum absolute atomic E-state index is 0.0716. The molecule has 8 heteroatoms. The third-order valence-electron chi connectivity index (χ3n) is 6.75. The Hall–Kier alpha value is -2.71. The average Bonchev–Trinajstić information content (AvgIpc) is 2.86. The molecule has 0 spiro atoms. The molecule has 3 rings (SSSR count). The Morgan fingerprint density at radius 1 is 0.972 bits per heavy atom. The first-order valence-corrected chi connectivity index (χ1v) is 13.5. The van der Waals surface area contributed by atoms with Gasteiger partial charge in [-0.1, -0.05) is 13.8 Å². The molecule has 0 unspecified atom stereocenters. The van der Waals surface area contributed by atoms with Crippen LogP contribution in [0.15, 0.2) is 24.3 Å². The summed E-state index contributed by atoms with van der Waals surface area (Å²) in [6.07, 6.45) is 3.58. The molecule has 198 valence electrons. The summed E-state index contributed by atoms with van der Waals surface area (Å²) in [5.74, 6) is 0.790. The van der Waals surface area contributed by atoms with Crippen molar-refractivity contribution in [2.75, 3.05) is 69.6 Å². The number of piperazine rings is 1. The van der Waals surface area contributed by atoms with Gasteiger partial charge in [-0.2, -0.15) is 0 Å². The minimum atomic E-state index is -0.152. The number of hydrogen-bond donors (Lipinski definition) is 2. The number of nitrogens with zero attached hydrogens (tertiary/aromatic N) is 4. The maximum atomic E-state index is 12.5. The first kappa shape index (κ1) is 27.9. The number of aromatic nitrogens is 1. The van der Waals surface area contributed by atoms with Gasteiger partial charge in [-0.15, -0.1) is 0 Å². The molecule has 2 aromatic rings.